The fourth-order valence-corrected chi connectivity index (χ4v) is 2.44. The van der Waals surface area contributed by atoms with Gasteiger partial charge in [0.25, 0.3) is 0 Å². The minimum absolute atomic E-state index is 0.192. The fourth-order valence-electron chi connectivity index (χ4n) is 2.44. The number of methoxy groups -OCH3 is 1. The van der Waals surface area contributed by atoms with E-state index in [2.05, 4.69) is 13.8 Å². The van der Waals surface area contributed by atoms with Gasteiger partial charge in [0.1, 0.15) is 0 Å². The van der Waals surface area contributed by atoms with Crippen molar-refractivity contribution in [1.29, 1.82) is 0 Å². The molecule has 0 N–H and O–H groups in total. The zero-order valence-corrected chi connectivity index (χ0v) is 12.2. The molecule has 1 rings (SSSR count). The highest BCUT2D eigenvalue weighted by atomic mass is 16.5. The summed E-state index contributed by atoms with van der Waals surface area (Å²) in [5.41, 5.74) is 0.232. The summed E-state index contributed by atoms with van der Waals surface area (Å²) in [5.74, 6) is 0.950. The molecule has 1 unspecified atom stereocenters. The lowest BCUT2D eigenvalue weighted by Crippen LogP contribution is -2.38. The van der Waals surface area contributed by atoms with Gasteiger partial charge in [-0.2, -0.15) is 0 Å². The number of ketones is 1. The maximum atomic E-state index is 12.3. The standard InChI is InChI=1S/C16H26O2/c1-13(2)9-6-5-7-11-15(17)16(18-4)12-8-10-14(16)3/h8,10,12-13H,5-7,9,11H2,1-4H3. The minimum Gasteiger partial charge on any atom is -0.362 e. The maximum Gasteiger partial charge on any atom is 0.172 e. The molecule has 0 aromatic carbocycles. The van der Waals surface area contributed by atoms with Gasteiger partial charge in [0, 0.05) is 13.5 Å². The Labute approximate surface area is 111 Å². The summed E-state index contributed by atoms with van der Waals surface area (Å²) in [7, 11) is 1.61. The lowest BCUT2D eigenvalue weighted by atomic mass is 9.89. The Morgan fingerprint density at radius 1 is 1.33 bits per heavy atom. The van der Waals surface area contributed by atoms with Crippen molar-refractivity contribution in [2.75, 3.05) is 7.11 Å². The molecule has 2 nitrogen and oxygen atoms in total. The van der Waals surface area contributed by atoms with Crippen LogP contribution in [-0.2, 0) is 9.53 Å². The SMILES string of the molecule is COC1(C(=O)CCCCCC(C)C)C=CC=C1C. The van der Waals surface area contributed by atoms with Crippen LogP contribution in [0.3, 0.4) is 0 Å². The molecule has 1 aliphatic rings. The quantitative estimate of drug-likeness (QED) is 0.607. The Kier molecular flexibility index (Phi) is 5.80. The Bertz CT molecular complexity index is 339. The average molecular weight is 250 g/mol. The van der Waals surface area contributed by atoms with Crippen LogP contribution in [0, 0.1) is 5.92 Å². The molecule has 0 aromatic heterocycles. The number of carbonyl (C=O) groups is 1. The molecule has 1 aliphatic carbocycles. The van der Waals surface area contributed by atoms with Gasteiger partial charge in [-0.1, -0.05) is 45.3 Å². The van der Waals surface area contributed by atoms with Crippen molar-refractivity contribution in [2.24, 2.45) is 5.92 Å². The summed E-state index contributed by atoms with van der Waals surface area (Å²) in [4.78, 5) is 12.3. The molecule has 0 bridgehead atoms. The molecular formula is C16H26O2. The van der Waals surface area contributed by atoms with Crippen molar-refractivity contribution >= 4 is 5.78 Å². The summed E-state index contributed by atoms with van der Waals surface area (Å²) in [6.45, 7) is 6.44. The number of ether oxygens (including phenoxy) is 1. The van der Waals surface area contributed by atoms with Gasteiger partial charge in [0.15, 0.2) is 11.4 Å². The van der Waals surface area contributed by atoms with Crippen LogP contribution in [0.25, 0.3) is 0 Å². The average Bonchev–Trinajstić information content (AvgIpc) is 2.70. The predicted molar refractivity (Wildman–Crippen MR) is 75.6 cm³/mol. The Hall–Kier alpha value is -0.890. The van der Waals surface area contributed by atoms with E-state index in [1.54, 1.807) is 7.11 Å². The van der Waals surface area contributed by atoms with E-state index in [0.717, 1.165) is 24.3 Å². The number of hydrogen-bond donors (Lipinski definition) is 0. The zero-order valence-electron chi connectivity index (χ0n) is 12.2. The lowest BCUT2D eigenvalue weighted by molar-refractivity contribution is -0.132. The normalized spacial score (nSPS) is 22.6. The first-order valence-electron chi connectivity index (χ1n) is 6.98. The Balaban J connectivity index is 2.36. The van der Waals surface area contributed by atoms with E-state index < -0.39 is 5.60 Å². The highest BCUT2D eigenvalue weighted by Gasteiger charge is 2.38. The van der Waals surface area contributed by atoms with E-state index in [-0.39, 0.29) is 5.78 Å². The Morgan fingerprint density at radius 2 is 2.06 bits per heavy atom. The van der Waals surface area contributed by atoms with Crippen LogP contribution in [-0.4, -0.2) is 18.5 Å². The van der Waals surface area contributed by atoms with E-state index in [0.29, 0.717) is 6.42 Å². The molecule has 0 aromatic rings. The number of carbonyl (C=O) groups excluding carboxylic acids is 1. The molecule has 0 radical (unpaired) electrons. The third kappa shape index (κ3) is 3.55. The first-order valence-corrected chi connectivity index (χ1v) is 6.98. The summed E-state index contributed by atoms with van der Waals surface area (Å²) in [6, 6.07) is 0. The molecule has 0 saturated carbocycles. The van der Waals surface area contributed by atoms with Gasteiger partial charge >= 0.3 is 0 Å². The van der Waals surface area contributed by atoms with E-state index in [9.17, 15) is 4.79 Å². The third-order valence-corrected chi connectivity index (χ3v) is 3.68. The minimum atomic E-state index is -0.766. The van der Waals surface area contributed by atoms with Gasteiger partial charge in [-0.25, -0.2) is 0 Å². The van der Waals surface area contributed by atoms with Crippen LogP contribution in [0.15, 0.2) is 23.8 Å². The van der Waals surface area contributed by atoms with Gasteiger partial charge in [-0.3, -0.25) is 4.79 Å². The number of Topliss-reactive ketones (excluding diaryl/α,β-unsaturated/α-hetero) is 1. The van der Waals surface area contributed by atoms with Crippen LogP contribution in [0.4, 0.5) is 0 Å². The van der Waals surface area contributed by atoms with Crippen LogP contribution in [0.2, 0.25) is 0 Å². The molecule has 0 heterocycles. The monoisotopic (exact) mass is 250 g/mol. The van der Waals surface area contributed by atoms with E-state index in [1.807, 2.05) is 25.2 Å². The topological polar surface area (TPSA) is 26.3 Å². The smallest absolute Gasteiger partial charge is 0.172 e. The first-order chi connectivity index (χ1) is 8.53. The van der Waals surface area contributed by atoms with Crippen molar-refractivity contribution in [3.8, 4) is 0 Å². The largest absolute Gasteiger partial charge is 0.362 e. The number of hydrogen-bond acceptors (Lipinski definition) is 2. The second kappa shape index (κ2) is 6.89. The third-order valence-electron chi connectivity index (χ3n) is 3.68. The van der Waals surface area contributed by atoms with Gasteiger partial charge in [0.05, 0.1) is 0 Å². The van der Waals surface area contributed by atoms with Crippen LogP contribution in [0.1, 0.15) is 52.9 Å². The lowest BCUT2D eigenvalue weighted by Gasteiger charge is -2.26. The van der Waals surface area contributed by atoms with Gasteiger partial charge < -0.3 is 4.74 Å². The predicted octanol–water partition coefficient (Wildman–Crippen LogP) is 4.06. The maximum absolute atomic E-state index is 12.3. The van der Waals surface area contributed by atoms with Crippen molar-refractivity contribution < 1.29 is 9.53 Å². The van der Waals surface area contributed by atoms with Gasteiger partial charge in [-0.05, 0) is 30.9 Å². The molecule has 0 amide bonds. The molecule has 0 fully saturated rings. The van der Waals surface area contributed by atoms with E-state index in [4.69, 9.17) is 4.74 Å². The van der Waals surface area contributed by atoms with Crippen molar-refractivity contribution in [1.82, 2.24) is 0 Å². The molecule has 2 heteroatoms. The highest BCUT2D eigenvalue weighted by molar-refractivity contribution is 5.93. The van der Waals surface area contributed by atoms with Crippen LogP contribution < -0.4 is 0 Å². The molecule has 102 valence electrons. The molecule has 18 heavy (non-hydrogen) atoms. The summed E-state index contributed by atoms with van der Waals surface area (Å²) in [6.07, 6.45) is 10.9. The fraction of sp³-hybridized carbons (Fsp3) is 0.688. The van der Waals surface area contributed by atoms with E-state index in [1.165, 1.54) is 12.8 Å². The van der Waals surface area contributed by atoms with Crippen LogP contribution >= 0.6 is 0 Å². The van der Waals surface area contributed by atoms with Crippen LogP contribution in [0.5, 0.6) is 0 Å². The van der Waals surface area contributed by atoms with E-state index >= 15 is 0 Å². The summed E-state index contributed by atoms with van der Waals surface area (Å²) >= 11 is 0. The molecule has 0 spiro atoms. The van der Waals surface area contributed by atoms with Gasteiger partial charge in [-0.15, -0.1) is 0 Å². The van der Waals surface area contributed by atoms with Crippen molar-refractivity contribution in [2.45, 2.75) is 58.5 Å². The number of rotatable bonds is 8. The molecule has 0 aliphatic heterocycles. The molecular weight excluding hydrogens is 224 g/mol. The van der Waals surface area contributed by atoms with Gasteiger partial charge in [0.2, 0.25) is 0 Å². The zero-order chi connectivity index (χ0) is 13.6. The van der Waals surface area contributed by atoms with Crippen molar-refractivity contribution in [3.63, 3.8) is 0 Å². The Morgan fingerprint density at radius 3 is 2.56 bits per heavy atom. The summed E-state index contributed by atoms with van der Waals surface area (Å²) < 4.78 is 5.46. The molecule has 0 saturated heterocycles. The first kappa shape index (κ1) is 15.2. The number of allylic oxidation sites excluding steroid dienone is 2. The van der Waals surface area contributed by atoms with Crippen molar-refractivity contribution in [3.05, 3.63) is 23.8 Å². The highest BCUT2D eigenvalue weighted by Crippen LogP contribution is 2.30. The number of unbranched alkanes of at least 4 members (excludes halogenated alkanes) is 2. The second-order valence-corrected chi connectivity index (χ2v) is 5.56. The summed E-state index contributed by atoms with van der Waals surface area (Å²) in [5, 5.41) is 0. The molecule has 1 atom stereocenters. The second-order valence-electron chi connectivity index (χ2n) is 5.56.